The van der Waals surface area contributed by atoms with E-state index in [0.717, 1.165) is 0 Å². The third-order valence-electron chi connectivity index (χ3n) is 4.89. The Morgan fingerprint density at radius 3 is 1.89 bits per heavy atom. The van der Waals surface area contributed by atoms with E-state index >= 15 is 0 Å². The maximum Gasteiger partial charge on any atom is 0.0968 e. The van der Waals surface area contributed by atoms with Gasteiger partial charge >= 0.3 is 0 Å². The van der Waals surface area contributed by atoms with Gasteiger partial charge in [-0.25, -0.2) is 0 Å². The van der Waals surface area contributed by atoms with Gasteiger partial charge in [0.1, 0.15) is 0 Å². The maximum absolute atomic E-state index is 7.93. The first kappa shape index (κ1) is 15.7. The first-order chi connectivity index (χ1) is 8.62. The van der Waals surface area contributed by atoms with Crippen molar-refractivity contribution in [3.8, 4) is 0 Å². The molecule has 2 nitrogen and oxygen atoms in total. The standard InChI is InChI=1S/C17H28N2/c1-12(2)14(13-10-8-7-9-11-13)16(3,4)17(5,6)15(18)19/h7-12,14H,1-6H3,(H3,18,19). The monoisotopic (exact) mass is 260 g/mol. The summed E-state index contributed by atoms with van der Waals surface area (Å²) < 4.78 is 0. The molecule has 1 rings (SSSR count). The molecular formula is C17H28N2. The van der Waals surface area contributed by atoms with Gasteiger partial charge in [-0.15, -0.1) is 0 Å². The molecule has 0 fully saturated rings. The van der Waals surface area contributed by atoms with Crippen molar-refractivity contribution >= 4 is 5.84 Å². The van der Waals surface area contributed by atoms with E-state index in [-0.39, 0.29) is 16.7 Å². The van der Waals surface area contributed by atoms with E-state index < -0.39 is 0 Å². The van der Waals surface area contributed by atoms with Crippen LogP contribution in [0.1, 0.15) is 53.0 Å². The highest BCUT2D eigenvalue weighted by Crippen LogP contribution is 2.51. The maximum atomic E-state index is 7.93. The van der Waals surface area contributed by atoms with Crippen LogP contribution in [0.3, 0.4) is 0 Å². The highest BCUT2D eigenvalue weighted by atomic mass is 14.8. The molecule has 0 saturated carbocycles. The predicted octanol–water partition coefficient (Wildman–Crippen LogP) is 4.41. The molecule has 0 radical (unpaired) electrons. The average molecular weight is 260 g/mol. The van der Waals surface area contributed by atoms with Crippen LogP contribution < -0.4 is 5.73 Å². The summed E-state index contributed by atoms with van der Waals surface area (Å²) in [5.74, 6) is 1.13. The summed E-state index contributed by atoms with van der Waals surface area (Å²) >= 11 is 0. The van der Waals surface area contributed by atoms with Crippen molar-refractivity contribution in [3.63, 3.8) is 0 Å². The number of amidine groups is 1. The van der Waals surface area contributed by atoms with Crippen LogP contribution >= 0.6 is 0 Å². The van der Waals surface area contributed by atoms with E-state index in [2.05, 4.69) is 65.8 Å². The van der Waals surface area contributed by atoms with Crippen molar-refractivity contribution in [2.45, 2.75) is 47.5 Å². The van der Waals surface area contributed by atoms with E-state index in [1.807, 2.05) is 6.07 Å². The summed E-state index contributed by atoms with van der Waals surface area (Å²) in [6.07, 6.45) is 0. The van der Waals surface area contributed by atoms with Crippen molar-refractivity contribution in [1.29, 1.82) is 5.41 Å². The van der Waals surface area contributed by atoms with Gasteiger partial charge < -0.3 is 5.73 Å². The summed E-state index contributed by atoms with van der Waals surface area (Å²) in [7, 11) is 0. The fourth-order valence-corrected chi connectivity index (χ4v) is 3.03. The van der Waals surface area contributed by atoms with E-state index in [4.69, 9.17) is 11.1 Å². The lowest BCUT2D eigenvalue weighted by Gasteiger charge is -2.48. The molecule has 1 aromatic rings. The molecule has 3 N–H and O–H groups in total. The third-order valence-corrected chi connectivity index (χ3v) is 4.89. The highest BCUT2D eigenvalue weighted by Gasteiger charge is 2.46. The van der Waals surface area contributed by atoms with Gasteiger partial charge in [-0.05, 0) is 22.8 Å². The van der Waals surface area contributed by atoms with Crippen molar-refractivity contribution in [2.24, 2.45) is 22.5 Å². The second-order valence-electron chi connectivity index (χ2n) is 6.89. The van der Waals surface area contributed by atoms with Gasteiger partial charge in [0.05, 0.1) is 5.84 Å². The molecule has 0 amide bonds. The van der Waals surface area contributed by atoms with Crippen molar-refractivity contribution < 1.29 is 0 Å². The number of rotatable bonds is 5. The molecule has 106 valence electrons. The van der Waals surface area contributed by atoms with Crippen LogP contribution in [0.4, 0.5) is 0 Å². The minimum Gasteiger partial charge on any atom is -0.387 e. The number of nitrogens with one attached hydrogen (secondary N) is 1. The minimum atomic E-state index is -0.336. The van der Waals surface area contributed by atoms with E-state index in [0.29, 0.717) is 11.8 Å². The van der Waals surface area contributed by atoms with Crippen LogP contribution in [0, 0.1) is 22.2 Å². The molecular weight excluding hydrogens is 232 g/mol. The zero-order chi connectivity index (χ0) is 14.8. The van der Waals surface area contributed by atoms with Gasteiger partial charge in [0, 0.05) is 5.41 Å². The Kier molecular flexibility index (Phi) is 4.44. The first-order valence-electron chi connectivity index (χ1n) is 7.01. The lowest BCUT2D eigenvalue weighted by atomic mass is 9.56. The molecule has 0 aliphatic carbocycles. The van der Waals surface area contributed by atoms with Crippen LogP contribution in [0.5, 0.6) is 0 Å². The molecule has 2 heteroatoms. The van der Waals surface area contributed by atoms with Crippen LogP contribution in [0.2, 0.25) is 0 Å². The Balaban J connectivity index is 3.31. The van der Waals surface area contributed by atoms with Gasteiger partial charge in [-0.2, -0.15) is 0 Å². The lowest BCUT2D eigenvalue weighted by molar-refractivity contribution is 0.111. The number of nitrogens with two attached hydrogens (primary N) is 1. The van der Waals surface area contributed by atoms with Gasteiger partial charge in [-0.3, -0.25) is 5.41 Å². The van der Waals surface area contributed by atoms with Gasteiger partial charge in [0.2, 0.25) is 0 Å². The molecule has 0 heterocycles. The quantitative estimate of drug-likeness (QED) is 0.597. The Hall–Kier alpha value is -1.31. The van der Waals surface area contributed by atoms with E-state index in [1.165, 1.54) is 5.56 Å². The fourth-order valence-electron chi connectivity index (χ4n) is 3.03. The van der Waals surface area contributed by atoms with Crippen LogP contribution in [-0.4, -0.2) is 5.84 Å². The second kappa shape index (κ2) is 5.36. The van der Waals surface area contributed by atoms with Crippen LogP contribution in [-0.2, 0) is 0 Å². The molecule has 0 bridgehead atoms. The van der Waals surface area contributed by atoms with Crippen molar-refractivity contribution in [2.75, 3.05) is 0 Å². The summed E-state index contributed by atoms with van der Waals surface area (Å²) in [6.45, 7) is 13.1. The fraction of sp³-hybridized carbons (Fsp3) is 0.588. The number of hydrogen-bond acceptors (Lipinski definition) is 1. The van der Waals surface area contributed by atoms with Gasteiger partial charge in [0.15, 0.2) is 0 Å². The SMILES string of the molecule is CC(C)C(c1ccccc1)C(C)(C)C(C)(C)C(=N)N. The zero-order valence-electron chi connectivity index (χ0n) is 13.1. The average Bonchev–Trinajstić information content (AvgIpc) is 2.29. The topological polar surface area (TPSA) is 49.9 Å². The number of benzene rings is 1. The molecule has 1 unspecified atom stereocenters. The van der Waals surface area contributed by atoms with Gasteiger partial charge in [-0.1, -0.05) is 71.9 Å². The molecule has 0 aliphatic rings. The molecule has 19 heavy (non-hydrogen) atoms. The Morgan fingerprint density at radius 1 is 1.05 bits per heavy atom. The van der Waals surface area contributed by atoms with Gasteiger partial charge in [0.25, 0.3) is 0 Å². The lowest BCUT2D eigenvalue weighted by Crippen LogP contribution is -2.47. The molecule has 0 aliphatic heterocycles. The molecule has 0 spiro atoms. The van der Waals surface area contributed by atoms with Crippen LogP contribution in [0.25, 0.3) is 0 Å². The van der Waals surface area contributed by atoms with E-state index in [9.17, 15) is 0 Å². The molecule has 1 aromatic carbocycles. The third kappa shape index (κ3) is 2.83. The zero-order valence-corrected chi connectivity index (χ0v) is 13.1. The normalized spacial score (nSPS) is 14.5. The summed E-state index contributed by atoms with van der Waals surface area (Å²) in [5, 5.41) is 7.93. The Morgan fingerprint density at radius 2 is 1.53 bits per heavy atom. The summed E-state index contributed by atoms with van der Waals surface area (Å²) in [4.78, 5) is 0. The Labute approximate surface area is 117 Å². The van der Waals surface area contributed by atoms with E-state index in [1.54, 1.807) is 0 Å². The molecule has 0 saturated heterocycles. The largest absolute Gasteiger partial charge is 0.387 e. The second-order valence-corrected chi connectivity index (χ2v) is 6.89. The van der Waals surface area contributed by atoms with Crippen LogP contribution in [0.15, 0.2) is 30.3 Å². The Bertz CT molecular complexity index is 430. The van der Waals surface area contributed by atoms with Crippen molar-refractivity contribution in [1.82, 2.24) is 0 Å². The highest BCUT2D eigenvalue weighted by molar-refractivity contribution is 5.83. The molecule has 1 atom stereocenters. The summed E-state index contributed by atoms with van der Waals surface area (Å²) in [5.41, 5.74) is 6.76. The summed E-state index contributed by atoms with van der Waals surface area (Å²) in [6, 6.07) is 10.6. The van der Waals surface area contributed by atoms with Crippen molar-refractivity contribution in [3.05, 3.63) is 35.9 Å². The smallest absolute Gasteiger partial charge is 0.0968 e. The minimum absolute atomic E-state index is 0.0889. The first-order valence-corrected chi connectivity index (χ1v) is 7.01. The molecule has 0 aromatic heterocycles. The predicted molar refractivity (Wildman–Crippen MR) is 83.5 cm³/mol. The number of hydrogen-bond donors (Lipinski definition) is 2.